The number of nitriles is 1. The molecule has 0 spiro atoms. The Kier molecular flexibility index (Phi) is 4.60. The summed E-state index contributed by atoms with van der Waals surface area (Å²) in [6, 6.07) is 8.35. The molecule has 1 aromatic carbocycles. The minimum Gasteiger partial charge on any atom is -0.444 e. The highest BCUT2D eigenvalue weighted by Gasteiger charge is 2.39. The zero-order valence-corrected chi connectivity index (χ0v) is 15.5. The van der Waals surface area contributed by atoms with Crippen LogP contribution in [0.5, 0.6) is 0 Å². The van der Waals surface area contributed by atoms with E-state index in [9.17, 15) is 4.79 Å². The van der Waals surface area contributed by atoms with Crippen molar-refractivity contribution in [1.29, 1.82) is 5.26 Å². The first-order valence-electron chi connectivity index (χ1n) is 9.01. The molecular formula is C21H26N2O2. The Morgan fingerprint density at radius 3 is 2.68 bits per heavy atom. The van der Waals surface area contributed by atoms with Gasteiger partial charge in [0.15, 0.2) is 0 Å². The second kappa shape index (κ2) is 6.55. The fourth-order valence-corrected chi connectivity index (χ4v) is 3.92. The summed E-state index contributed by atoms with van der Waals surface area (Å²) in [6.45, 7) is 7.77. The van der Waals surface area contributed by atoms with Crippen LogP contribution in [0.15, 0.2) is 24.3 Å². The normalized spacial score (nSPS) is 22.8. The number of benzene rings is 1. The van der Waals surface area contributed by atoms with Crippen molar-refractivity contribution in [3.8, 4) is 6.07 Å². The van der Waals surface area contributed by atoms with Gasteiger partial charge in [-0.15, -0.1) is 0 Å². The second-order valence-corrected chi connectivity index (χ2v) is 8.08. The van der Waals surface area contributed by atoms with Crippen LogP contribution >= 0.6 is 0 Å². The van der Waals surface area contributed by atoms with Crippen molar-refractivity contribution < 1.29 is 9.53 Å². The van der Waals surface area contributed by atoms with Crippen LogP contribution in [0.1, 0.15) is 63.1 Å². The molecule has 132 valence electrons. The molecule has 0 radical (unpaired) electrons. The standard InChI is InChI=1S/C21H26N2O2/c1-14-10-15(13-22)8-9-19(14)16-11-17-6-5-7-18(12-16)23(17)20(24)25-21(2,3)4/h8-11,17-18H,5-7,12H2,1-4H3. The number of nitrogens with zero attached hydrogens (tertiary/aromatic N) is 2. The first kappa shape index (κ1) is 17.5. The number of hydrogen-bond donors (Lipinski definition) is 0. The summed E-state index contributed by atoms with van der Waals surface area (Å²) < 4.78 is 5.63. The van der Waals surface area contributed by atoms with E-state index < -0.39 is 5.60 Å². The van der Waals surface area contributed by atoms with Crippen molar-refractivity contribution in [3.63, 3.8) is 0 Å². The smallest absolute Gasteiger partial charge is 0.411 e. The molecule has 4 heteroatoms. The van der Waals surface area contributed by atoms with Crippen LogP contribution in [0.3, 0.4) is 0 Å². The minimum absolute atomic E-state index is 0.104. The number of hydrogen-bond acceptors (Lipinski definition) is 3. The molecule has 1 amide bonds. The van der Waals surface area contributed by atoms with Crippen molar-refractivity contribution in [3.05, 3.63) is 41.0 Å². The minimum atomic E-state index is -0.473. The van der Waals surface area contributed by atoms with Gasteiger partial charge in [0.2, 0.25) is 0 Å². The molecule has 1 aromatic rings. The fourth-order valence-electron chi connectivity index (χ4n) is 3.92. The summed E-state index contributed by atoms with van der Waals surface area (Å²) in [6.07, 6.45) is 6.02. The third-order valence-electron chi connectivity index (χ3n) is 4.94. The van der Waals surface area contributed by atoms with Gasteiger partial charge in [0.25, 0.3) is 0 Å². The van der Waals surface area contributed by atoms with E-state index in [1.807, 2.05) is 50.8 Å². The lowest BCUT2D eigenvalue weighted by atomic mass is 9.82. The molecule has 3 rings (SSSR count). The van der Waals surface area contributed by atoms with Crippen LogP contribution in [0, 0.1) is 18.3 Å². The molecule has 2 aliphatic heterocycles. The Bertz CT molecular complexity index is 752. The SMILES string of the molecule is Cc1cc(C#N)ccc1C1=CC2CCCC(C1)N2C(=O)OC(C)(C)C. The predicted octanol–water partition coefficient (Wildman–Crippen LogP) is 4.81. The first-order valence-corrected chi connectivity index (χ1v) is 9.01. The Balaban J connectivity index is 1.89. The summed E-state index contributed by atoms with van der Waals surface area (Å²) >= 11 is 0. The molecule has 2 unspecified atom stereocenters. The maximum absolute atomic E-state index is 12.7. The van der Waals surface area contributed by atoms with Crippen molar-refractivity contribution in [2.45, 2.75) is 71.1 Å². The van der Waals surface area contributed by atoms with Crippen LogP contribution in [0.4, 0.5) is 4.79 Å². The van der Waals surface area contributed by atoms with E-state index in [1.165, 1.54) is 11.1 Å². The zero-order chi connectivity index (χ0) is 18.2. The molecular weight excluding hydrogens is 312 g/mol. The number of aryl methyl sites for hydroxylation is 1. The molecule has 0 N–H and O–H groups in total. The lowest BCUT2D eigenvalue weighted by Gasteiger charge is -2.45. The average molecular weight is 338 g/mol. The summed E-state index contributed by atoms with van der Waals surface area (Å²) in [5, 5.41) is 9.06. The first-order chi connectivity index (χ1) is 11.8. The van der Waals surface area contributed by atoms with Gasteiger partial charge in [-0.2, -0.15) is 5.26 Å². The summed E-state index contributed by atoms with van der Waals surface area (Å²) in [5.74, 6) is 0. The molecule has 0 saturated carbocycles. The molecule has 25 heavy (non-hydrogen) atoms. The molecule has 2 aliphatic rings. The van der Waals surface area contributed by atoms with Crippen molar-refractivity contribution in [1.82, 2.24) is 4.90 Å². The average Bonchev–Trinajstić information content (AvgIpc) is 2.51. The molecule has 2 atom stereocenters. The fraction of sp³-hybridized carbons (Fsp3) is 0.524. The van der Waals surface area contributed by atoms with Gasteiger partial charge in [0.1, 0.15) is 5.60 Å². The summed E-state index contributed by atoms with van der Waals surface area (Å²) in [5.41, 5.74) is 3.82. The van der Waals surface area contributed by atoms with E-state index in [4.69, 9.17) is 10.00 Å². The number of piperidine rings is 1. The van der Waals surface area contributed by atoms with Crippen LogP contribution < -0.4 is 0 Å². The Morgan fingerprint density at radius 1 is 1.32 bits per heavy atom. The van der Waals surface area contributed by atoms with Gasteiger partial charge in [0, 0.05) is 6.04 Å². The summed E-state index contributed by atoms with van der Waals surface area (Å²) in [4.78, 5) is 14.6. The number of fused-ring (bicyclic) bond motifs is 2. The van der Waals surface area contributed by atoms with Crippen LogP contribution in [-0.2, 0) is 4.74 Å². The third kappa shape index (κ3) is 3.71. The van der Waals surface area contributed by atoms with Crippen LogP contribution in [0.2, 0.25) is 0 Å². The highest BCUT2D eigenvalue weighted by atomic mass is 16.6. The van der Waals surface area contributed by atoms with Crippen molar-refractivity contribution >= 4 is 11.7 Å². The summed E-state index contributed by atoms with van der Waals surface area (Å²) in [7, 11) is 0. The van der Waals surface area contributed by atoms with Gasteiger partial charge in [-0.25, -0.2) is 4.79 Å². The van der Waals surface area contributed by atoms with E-state index in [2.05, 4.69) is 12.1 Å². The Labute approximate surface area is 150 Å². The molecule has 2 heterocycles. The van der Waals surface area contributed by atoms with Gasteiger partial charge in [0.05, 0.1) is 17.7 Å². The number of amides is 1. The third-order valence-corrected chi connectivity index (χ3v) is 4.94. The number of carbonyl (C=O) groups is 1. The van der Waals surface area contributed by atoms with Gasteiger partial charge in [-0.1, -0.05) is 12.1 Å². The molecule has 4 nitrogen and oxygen atoms in total. The number of ether oxygens (including phenoxy) is 1. The van der Waals surface area contributed by atoms with Gasteiger partial charge >= 0.3 is 6.09 Å². The van der Waals surface area contributed by atoms with E-state index in [0.29, 0.717) is 5.56 Å². The predicted molar refractivity (Wildman–Crippen MR) is 98.0 cm³/mol. The highest BCUT2D eigenvalue weighted by molar-refractivity contribution is 5.76. The Morgan fingerprint density at radius 2 is 2.08 bits per heavy atom. The molecule has 0 aromatic heterocycles. The van der Waals surface area contributed by atoms with E-state index >= 15 is 0 Å². The lowest BCUT2D eigenvalue weighted by Crippen LogP contribution is -2.53. The highest BCUT2D eigenvalue weighted by Crippen LogP contribution is 2.38. The van der Waals surface area contributed by atoms with Gasteiger partial charge < -0.3 is 4.74 Å². The van der Waals surface area contributed by atoms with Crippen molar-refractivity contribution in [2.75, 3.05) is 0 Å². The molecule has 1 saturated heterocycles. The number of rotatable bonds is 1. The van der Waals surface area contributed by atoms with E-state index in [1.54, 1.807) is 0 Å². The van der Waals surface area contributed by atoms with Crippen molar-refractivity contribution in [2.24, 2.45) is 0 Å². The maximum atomic E-state index is 12.7. The van der Waals surface area contributed by atoms with Crippen LogP contribution in [-0.4, -0.2) is 28.7 Å². The number of carbonyl (C=O) groups excluding carboxylic acids is 1. The monoisotopic (exact) mass is 338 g/mol. The molecule has 1 fully saturated rings. The lowest BCUT2D eigenvalue weighted by molar-refractivity contribution is 0.0000857. The maximum Gasteiger partial charge on any atom is 0.411 e. The molecule has 2 bridgehead atoms. The second-order valence-electron chi connectivity index (χ2n) is 8.08. The van der Waals surface area contributed by atoms with Gasteiger partial charge in [-0.3, -0.25) is 4.90 Å². The van der Waals surface area contributed by atoms with Crippen LogP contribution in [0.25, 0.3) is 5.57 Å². The van der Waals surface area contributed by atoms with E-state index in [0.717, 1.165) is 31.2 Å². The van der Waals surface area contributed by atoms with Gasteiger partial charge in [-0.05, 0) is 82.2 Å². The quantitative estimate of drug-likeness (QED) is 0.738. The Hall–Kier alpha value is -2.28. The largest absolute Gasteiger partial charge is 0.444 e. The van der Waals surface area contributed by atoms with E-state index in [-0.39, 0.29) is 18.2 Å². The zero-order valence-electron chi connectivity index (χ0n) is 15.5. The molecule has 0 aliphatic carbocycles. The topological polar surface area (TPSA) is 53.3 Å².